The second-order valence-corrected chi connectivity index (χ2v) is 7.88. The third kappa shape index (κ3) is 4.37. The highest BCUT2D eigenvalue weighted by atomic mass is 79.9. The zero-order valence-corrected chi connectivity index (χ0v) is 12.6. The molecular weight excluding hydrogens is 325 g/mol. The fourth-order valence-corrected chi connectivity index (χ4v) is 3.14. The summed E-state index contributed by atoms with van der Waals surface area (Å²) in [5.74, 6) is -1.20. The van der Waals surface area contributed by atoms with Crippen LogP contribution in [0.5, 0.6) is 0 Å². The molecule has 18 heavy (non-hydrogen) atoms. The molecule has 3 unspecified atom stereocenters. The molecule has 6 nitrogen and oxygen atoms in total. The Morgan fingerprint density at radius 3 is 2.67 bits per heavy atom. The molecule has 1 amide bonds. The molecule has 3 atom stereocenters. The molecule has 0 aromatic carbocycles. The highest BCUT2D eigenvalue weighted by molar-refractivity contribution is 9.09. The molecule has 1 fully saturated rings. The van der Waals surface area contributed by atoms with E-state index in [1.54, 1.807) is 0 Å². The van der Waals surface area contributed by atoms with E-state index in [1.807, 2.05) is 0 Å². The van der Waals surface area contributed by atoms with Gasteiger partial charge < -0.3 is 14.9 Å². The number of carbonyl (C=O) groups excluding carboxylic acids is 1. The third-order valence-corrected chi connectivity index (χ3v) is 4.94. The monoisotopic (exact) mass is 341 g/mol. The molecule has 0 aromatic rings. The number of hydrogen-bond acceptors (Lipinski definition) is 3. The topological polar surface area (TPSA) is 94.9 Å². The third-order valence-electron chi connectivity index (χ3n) is 2.94. The molecule has 0 aliphatic carbocycles. The van der Waals surface area contributed by atoms with Crippen LogP contribution >= 0.6 is 23.3 Å². The summed E-state index contributed by atoms with van der Waals surface area (Å²) in [6.45, 7) is 1.58. The molecule has 0 spiro atoms. The summed E-state index contributed by atoms with van der Waals surface area (Å²) < 4.78 is 11.2. The number of amides is 1. The van der Waals surface area contributed by atoms with Crippen molar-refractivity contribution in [2.24, 2.45) is 5.92 Å². The summed E-state index contributed by atoms with van der Waals surface area (Å²) in [7, 11) is -3.25. The van der Waals surface area contributed by atoms with Gasteiger partial charge in [-0.3, -0.25) is 9.36 Å². The highest BCUT2D eigenvalue weighted by Gasteiger charge is 2.37. The molecule has 1 heterocycles. The maximum absolute atomic E-state index is 11.7. The van der Waals surface area contributed by atoms with E-state index in [9.17, 15) is 19.0 Å². The smallest absolute Gasteiger partial charge is 0.326 e. The zero-order valence-electron chi connectivity index (χ0n) is 10.1. The van der Waals surface area contributed by atoms with Crippen molar-refractivity contribution in [3.8, 4) is 0 Å². The number of alkyl halides is 1. The van der Waals surface area contributed by atoms with Crippen LogP contribution in [-0.2, 0) is 14.2 Å². The molecule has 8 heteroatoms. The van der Waals surface area contributed by atoms with Gasteiger partial charge in [0.15, 0.2) is 7.37 Å². The van der Waals surface area contributed by atoms with Crippen molar-refractivity contribution in [3.63, 3.8) is 0 Å². The quantitative estimate of drug-likeness (QED) is 0.554. The predicted octanol–water partition coefficient (Wildman–Crippen LogP) is 0.973. The number of likely N-dealkylation sites (tertiary alicyclic amines) is 1. The Morgan fingerprint density at radius 1 is 1.67 bits per heavy atom. The summed E-state index contributed by atoms with van der Waals surface area (Å²) in [5, 5.41) is 9.78. The second-order valence-electron chi connectivity index (χ2n) is 4.69. The van der Waals surface area contributed by atoms with Crippen molar-refractivity contribution >= 4 is 35.2 Å². The molecule has 0 radical (unpaired) electrons. The van der Waals surface area contributed by atoms with Gasteiger partial charge in [0.1, 0.15) is 6.04 Å². The van der Waals surface area contributed by atoms with Crippen LogP contribution < -0.4 is 0 Å². The maximum Gasteiger partial charge on any atom is 0.326 e. The summed E-state index contributed by atoms with van der Waals surface area (Å²) >= 11 is 3.28. The molecule has 2 N–H and O–H groups in total. The summed E-state index contributed by atoms with van der Waals surface area (Å²) in [6, 6.07) is -0.998. The second kappa shape index (κ2) is 6.17. The SMILES string of the molecule is CP(=O)(O)CCC(C(=O)O)N1CC(CBr)CC1=O. The van der Waals surface area contributed by atoms with Gasteiger partial charge in [0.05, 0.1) is 0 Å². The van der Waals surface area contributed by atoms with Crippen LogP contribution in [0.25, 0.3) is 0 Å². The number of carboxylic acid groups (broad SMARTS) is 1. The maximum atomic E-state index is 11.7. The number of nitrogens with zero attached hydrogens (tertiary/aromatic N) is 1. The Kier molecular flexibility index (Phi) is 5.37. The number of rotatable bonds is 6. The first-order chi connectivity index (χ1) is 8.24. The van der Waals surface area contributed by atoms with Crippen molar-refractivity contribution in [2.45, 2.75) is 18.9 Å². The van der Waals surface area contributed by atoms with Crippen molar-refractivity contribution in [1.82, 2.24) is 4.90 Å². The van der Waals surface area contributed by atoms with Gasteiger partial charge in [0.2, 0.25) is 5.91 Å². The van der Waals surface area contributed by atoms with Gasteiger partial charge in [0.25, 0.3) is 0 Å². The van der Waals surface area contributed by atoms with Crippen molar-refractivity contribution < 1.29 is 24.2 Å². The van der Waals surface area contributed by atoms with Gasteiger partial charge in [-0.05, 0) is 12.3 Å². The van der Waals surface area contributed by atoms with Crippen molar-refractivity contribution in [1.29, 1.82) is 0 Å². The first-order valence-electron chi connectivity index (χ1n) is 5.62. The molecule has 104 valence electrons. The predicted molar refractivity (Wildman–Crippen MR) is 70.3 cm³/mol. The highest BCUT2D eigenvalue weighted by Crippen LogP contribution is 2.37. The summed E-state index contributed by atoms with van der Waals surface area (Å²) in [4.78, 5) is 33.4. The molecule has 0 aromatic heterocycles. The van der Waals surface area contributed by atoms with E-state index in [-0.39, 0.29) is 24.4 Å². The van der Waals surface area contributed by atoms with Crippen molar-refractivity contribution in [3.05, 3.63) is 0 Å². The summed E-state index contributed by atoms with van der Waals surface area (Å²) in [5.41, 5.74) is 0. The molecule has 0 saturated carbocycles. The minimum absolute atomic E-state index is 0.0142. The van der Waals surface area contributed by atoms with E-state index in [2.05, 4.69) is 15.9 Å². The molecule has 1 aliphatic rings. The largest absolute Gasteiger partial charge is 0.480 e. The zero-order chi connectivity index (χ0) is 13.9. The lowest BCUT2D eigenvalue weighted by Gasteiger charge is -2.25. The standard InChI is InChI=1S/C10H17BrNO5P/c1-18(16,17)3-2-8(10(14)15)12-6-7(5-11)4-9(12)13/h7-8H,2-6H2,1H3,(H,14,15)(H,16,17). The Morgan fingerprint density at radius 2 is 2.28 bits per heavy atom. The van der Waals surface area contributed by atoms with Crippen LogP contribution in [0.2, 0.25) is 0 Å². The van der Waals surface area contributed by atoms with E-state index in [1.165, 1.54) is 11.6 Å². The first kappa shape index (κ1) is 15.7. The Labute approximate surface area is 114 Å². The number of carbonyl (C=O) groups is 2. The van der Waals surface area contributed by atoms with Gasteiger partial charge in [0, 0.05) is 31.1 Å². The number of hydrogen-bond donors (Lipinski definition) is 2. The normalized spacial score (nSPS) is 24.9. The summed E-state index contributed by atoms with van der Waals surface area (Å²) in [6.07, 6.45) is 0.255. The fourth-order valence-electron chi connectivity index (χ4n) is 1.99. The van der Waals surface area contributed by atoms with E-state index in [0.29, 0.717) is 18.3 Å². The van der Waals surface area contributed by atoms with Crippen LogP contribution in [0, 0.1) is 5.92 Å². The van der Waals surface area contributed by atoms with E-state index >= 15 is 0 Å². The van der Waals surface area contributed by atoms with E-state index in [4.69, 9.17) is 5.11 Å². The molecule has 1 saturated heterocycles. The Balaban J connectivity index is 2.71. The van der Waals surface area contributed by atoms with Gasteiger partial charge in [-0.15, -0.1) is 0 Å². The van der Waals surface area contributed by atoms with Gasteiger partial charge in [-0.1, -0.05) is 15.9 Å². The molecule has 0 bridgehead atoms. The fraction of sp³-hybridized carbons (Fsp3) is 0.800. The lowest BCUT2D eigenvalue weighted by Crippen LogP contribution is -2.42. The first-order valence-corrected chi connectivity index (χ1v) is 9.03. The van der Waals surface area contributed by atoms with Gasteiger partial charge >= 0.3 is 5.97 Å². The van der Waals surface area contributed by atoms with Gasteiger partial charge in [-0.2, -0.15) is 0 Å². The lowest BCUT2D eigenvalue weighted by molar-refractivity contribution is -0.148. The number of halogens is 1. The van der Waals surface area contributed by atoms with Gasteiger partial charge in [-0.25, -0.2) is 4.79 Å². The minimum Gasteiger partial charge on any atom is -0.480 e. The van der Waals surface area contributed by atoms with Crippen molar-refractivity contribution in [2.75, 3.05) is 24.7 Å². The molecular formula is C10H17BrNO5P. The molecule has 1 rings (SSSR count). The lowest BCUT2D eigenvalue weighted by atomic mass is 10.1. The van der Waals surface area contributed by atoms with Crippen LogP contribution in [0.15, 0.2) is 0 Å². The van der Waals surface area contributed by atoms with Crippen LogP contribution in [0.1, 0.15) is 12.8 Å². The average molecular weight is 342 g/mol. The Hall–Kier alpha value is -0.390. The van der Waals surface area contributed by atoms with Crippen LogP contribution in [0.4, 0.5) is 0 Å². The number of aliphatic carboxylic acids is 1. The van der Waals surface area contributed by atoms with Crippen LogP contribution in [0.3, 0.4) is 0 Å². The Bertz CT molecular complexity index is 382. The average Bonchev–Trinajstić information content (AvgIpc) is 2.58. The minimum atomic E-state index is -3.25. The number of carboxylic acids is 1. The van der Waals surface area contributed by atoms with Crippen LogP contribution in [-0.4, -0.2) is 57.5 Å². The molecule has 1 aliphatic heterocycles. The van der Waals surface area contributed by atoms with E-state index in [0.717, 1.165) is 0 Å². The van der Waals surface area contributed by atoms with E-state index < -0.39 is 19.4 Å².